The second-order valence-electron chi connectivity index (χ2n) is 2.66. The highest BCUT2D eigenvalue weighted by Crippen LogP contribution is 2.09. The molecule has 0 aliphatic heterocycles. The minimum atomic E-state index is 0.350. The first kappa shape index (κ1) is 10.9. The van der Waals surface area contributed by atoms with E-state index in [1.807, 2.05) is 19.1 Å². The van der Waals surface area contributed by atoms with Gasteiger partial charge in [-0.1, -0.05) is 17.7 Å². The van der Waals surface area contributed by atoms with Crippen LogP contribution in [0.5, 0.6) is 0 Å². The van der Waals surface area contributed by atoms with Crippen LogP contribution in [-0.2, 0) is 0 Å². The van der Waals surface area contributed by atoms with Gasteiger partial charge in [-0.2, -0.15) is 5.26 Å². The third-order valence-electron chi connectivity index (χ3n) is 1.89. The van der Waals surface area contributed by atoms with Gasteiger partial charge in [0.1, 0.15) is 0 Å². The fourth-order valence-electron chi connectivity index (χ4n) is 0.928. The Morgan fingerprint density at radius 1 is 1.75 bits per heavy atom. The summed E-state index contributed by atoms with van der Waals surface area (Å²) in [5.41, 5.74) is 1.29. The van der Waals surface area contributed by atoms with Gasteiger partial charge >= 0.3 is 0 Å². The monoisotopic (exact) mass is 164 g/mol. The van der Waals surface area contributed by atoms with E-state index in [-0.39, 0.29) is 0 Å². The third kappa shape index (κ3) is 3.95. The van der Waals surface area contributed by atoms with Gasteiger partial charge in [0, 0.05) is 12.5 Å². The number of rotatable bonds is 5. The number of allylic oxidation sites excluding steroid dienone is 1. The average molecular weight is 164 g/mol. The Bertz CT molecular complexity index is 198. The minimum absolute atomic E-state index is 0.350. The Labute approximate surface area is 74.6 Å². The molecule has 0 saturated carbocycles. The summed E-state index contributed by atoms with van der Waals surface area (Å²) in [4.78, 5) is 0. The molecule has 0 aromatic rings. The average Bonchev–Trinajstić information content (AvgIpc) is 2.11. The summed E-state index contributed by atoms with van der Waals surface area (Å²) in [5.74, 6) is 0.350. The Morgan fingerprint density at radius 3 is 2.83 bits per heavy atom. The lowest BCUT2D eigenvalue weighted by Gasteiger charge is -2.12. The van der Waals surface area contributed by atoms with E-state index in [0.29, 0.717) is 12.5 Å². The molecule has 0 aliphatic rings. The van der Waals surface area contributed by atoms with Crippen LogP contribution in [0.1, 0.15) is 13.8 Å². The lowest BCUT2D eigenvalue weighted by molar-refractivity contribution is 0.648. The van der Waals surface area contributed by atoms with Gasteiger partial charge in [0.2, 0.25) is 0 Å². The molecule has 0 radical (unpaired) electrons. The summed E-state index contributed by atoms with van der Waals surface area (Å²) in [6.45, 7) is 9.03. The Hall–Kier alpha value is -1.07. The second kappa shape index (κ2) is 6.63. The maximum atomic E-state index is 8.29. The predicted molar refractivity (Wildman–Crippen MR) is 51.6 cm³/mol. The van der Waals surface area contributed by atoms with Gasteiger partial charge < -0.3 is 5.32 Å². The molecule has 0 heterocycles. The summed E-state index contributed by atoms with van der Waals surface area (Å²) < 4.78 is 0. The maximum Gasteiger partial charge on any atom is 0.0841 e. The van der Waals surface area contributed by atoms with Crippen LogP contribution in [0.25, 0.3) is 0 Å². The molecule has 66 valence electrons. The number of nitriles is 1. The van der Waals surface area contributed by atoms with E-state index < -0.39 is 0 Å². The van der Waals surface area contributed by atoms with Crippen molar-refractivity contribution in [1.82, 2.24) is 5.32 Å². The van der Waals surface area contributed by atoms with Crippen molar-refractivity contribution in [2.75, 3.05) is 13.1 Å². The molecule has 0 bridgehead atoms. The smallest absolute Gasteiger partial charge is 0.0841 e. The van der Waals surface area contributed by atoms with Crippen molar-refractivity contribution in [3.05, 3.63) is 24.3 Å². The lowest BCUT2D eigenvalue weighted by Crippen LogP contribution is -2.22. The van der Waals surface area contributed by atoms with Gasteiger partial charge in [-0.3, -0.25) is 0 Å². The molecule has 0 aromatic carbocycles. The summed E-state index contributed by atoms with van der Waals surface area (Å²) in [6, 6.07) is 2.04. The quantitative estimate of drug-likeness (QED) is 0.382. The van der Waals surface area contributed by atoms with E-state index in [0.717, 1.165) is 6.54 Å². The lowest BCUT2D eigenvalue weighted by atomic mass is 10.0. The molecule has 0 spiro atoms. The standard InChI is InChI=1S/C10H16N2/c1-4-9(3)10(5-2)8-12-7-6-11/h4-5,10,12H,2,7-8H2,1,3H3/b9-4-. The van der Waals surface area contributed by atoms with Crippen molar-refractivity contribution in [3.8, 4) is 6.07 Å². The molecule has 0 aliphatic carbocycles. The summed E-state index contributed by atoms with van der Waals surface area (Å²) in [7, 11) is 0. The van der Waals surface area contributed by atoms with E-state index >= 15 is 0 Å². The fourth-order valence-corrected chi connectivity index (χ4v) is 0.928. The summed E-state index contributed by atoms with van der Waals surface area (Å²) >= 11 is 0. The summed E-state index contributed by atoms with van der Waals surface area (Å²) in [6.07, 6.45) is 3.97. The Kier molecular flexibility index (Phi) is 6.04. The first-order chi connectivity index (χ1) is 5.76. The van der Waals surface area contributed by atoms with E-state index in [4.69, 9.17) is 5.26 Å². The van der Waals surface area contributed by atoms with Crippen molar-refractivity contribution in [2.24, 2.45) is 5.92 Å². The molecule has 0 aromatic heterocycles. The van der Waals surface area contributed by atoms with E-state index in [1.165, 1.54) is 5.57 Å². The van der Waals surface area contributed by atoms with E-state index in [9.17, 15) is 0 Å². The molecule has 0 saturated heterocycles. The van der Waals surface area contributed by atoms with Gasteiger partial charge in [0.15, 0.2) is 0 Å². The van der Waals surface area contributed by atoms with Crippen molar-refractivity contribution >= 4 is 0 Å². The van der Waals surface area contributed by atoms with Crippen LogP contribution in [0.4, 0.5) is 0 Å². The van der Waals surface area contributed by atoms with Crippen LogP contribution in [-0.4, -0.2) is 13.1 Å². The van der Waals surface area contributed by atoms with Crippen molar-refractivity contribution in [3.63, 3.8) is 0 Å². The maximum absolute atomic E-state index is 8.29. The molecular formula is C10H16N2. The number of nitrogens with zero attached hydrogens (tertiary/aromatic N) is 1. The van der Waals surface area contributed by atoms with Crippen LogP contribution in [0.2, 0.25) is 0 Å². The van der Waals surface area contributed by atoms with Crippen LogP contribution < -0.4 is 5.32 Å². The zero-order valence-corrected chi connectivity index (χ0v) is 7.80. The topological polar surface area (TPSA) is 35.8 Å². The number of hydrogen-bond acceptors (Lipinski definition) is 2. The van der Waals surface area contributed by atoms with E-state index in [2.05, 4.69) is 24.9 Å². The SMILES string of the molecule is C=CC(CNCC#N)/C(C)=C\C. The summed E-state index contributed by atoms with van der Waals surface area (Å²) in [5, 5.41) is 11.3. The van der Waals surface area contributed by atoms with Crippen LogP contribution >= 0.6 is 0 Å². The van der Waals surface area contributed by atoms with Crippen molar-refractivity contribution in [1.29, 1.82) is 5.26 Å². The van der Waals surface area contributed by atoms with Gasteiger partial charge in [-0.15, -0.1) is 6.58 Å². The van der Waals surface area contributed by atoms with Gasteiger partial charge in [-0.25, -0.2) is 0 Å². The Balaban J connectivity index is 3.85. The highest BCUT2D eigenvalue weighted by atomic mass is 14.8. The predicted octanol–water partition coefficient (Wildman–Crippen LogP) is 1.87. The third-order valence-corrected chi connectivity index (χ3v) is 1.89. The molecule has 1 atom stereocenters. The zero-order chi connectivity index (χ0) is 9.40. The zero-order valence-electron chi connectivity index (χ0n) is 7.80. The fraction of sp³-hybridized carbons (Fsp3) is 0.500. The van der Waals surface area contributed by atoms with Crippen LogP contribution in [0.3, 0.4) is 0 Å². The molecular weight excluding hydrogens is 148 g/mol. The molecule has 1 unspecified atom stereocenters. The van der Waals surface area contributed by atoms with Gasteiger partial charge in [0.25, 0.3) is 0 Å². The first-order valence-electron chi connectivity index (χ1n) is 4.09. The Morgan fingerprint density at radius 2 is 2.42 bits per heavy atom. The number of hydrogen-bond donors (Lipinski definition) is 1. The number of nitrogens with one attached hydrogen (secondary N) is 1. The molecule has 0 rings (SSSR count). The second-order valence-corrected chi connectivity index (χ2v) is 2.66. The molecule has 2 nitrogen and oxygen atoms in total. The molecule has 12 heavy (non-hydrogen) atoms. The highest BCUT2D eigenvalue weighted by molar-refractivity contribution is 5.09. The van der Waals surface area contributed by atoms with E-state index in [1.54, 1.807) is 0 Å². The van der Waals surface area contributed by atoms with Crippen LogP contribution in [0.15, 0.2) is 24.3 Å². The highest BCUT2D eigenvalue weighted by Gasteiger charge is 2.03. The van der Waals surface area contributed by atoms with Gasteiger partial charge in [-0.05, 0) is 13.8 Å². The molecule has 0 fully saturated rings. The van der Waals surface area contributed by atoms with Crippen LogP contribution in [0, 0.1) is 17.2 Å². The normalized spacial score (nSPS) is 13.6. The molecule has 0 amide bonds. The molecule has 2 heteroatoms. The van der Waals surface area contributed by atoms with Crippen molar-refractivity contribution in [2.45, 2.75) is 13.8 Å². The first-order valence-corrected chi connectivity index (χ1v) is 4.09. The minimum Gasteiger partial charge on any atom is -0.304 e. The molecule has 1 N–H and O–H groups in total. The van der Waals surface area contributed by atoms with Gasteiger partial charge in [0.05, 0.1) is 12.6 Å². The largest absolute Gasteiger partial charge is 0.304 e. The van der Waals surface area contributed by atoms with Crippen molar-refractivity contribution < 1.29 is 0 Å².